The van der Waals surface area contributed by atoms with E-state index in [0.717, 1.165) is 22.4 Å². The minimum Gasteiger partial charge on any atom is -0.459 e. The molecule has 2 atom stereocenters. The Balaban J connectivity index is 1.43. The molecular weight excluding hydrogens is 620 g/mol. The standard InChI is InChI=1S/C35H42N4O9/c1-8-35(47-28(41)14-13-27(40)36-17-29(42)46-33(2,3)4)24-15-26-30-22(18-39(26)31(43)23(24)19-45-32(35)44)21(16-37-48-34(5,6)7)20-11-9-10-12-25(20)38-30/h9-12,15-16,30,38H,8,13-14,17-19H2,1-7H3,(H,36,40)/b37-16+/t30?,35-/m0/s1. The molecule has 1 amide bonds. The van der Waals surface area contributed by atoms with Crippen molar-refractivity contribution in [3.8, 4) is 0 Å². The van der Waals surface area contributed by atoms with Gasteiger partial charge in [0, 0.05) is 34.5 Å². The van der Waals surface area contributed by atoms with Crippen LogP contribution in [0.25, 0.3) is 5.57 Å². The number of hydrogen-bond donors (Lipinski definition) is 2. The van der Waals surface area contributed by atoms with Crippen molar-refractivity contribution in [2.75, 3.05) is 11.9 Å². The van der Waals surface area contributed by atoms with Gasteiger partial charge in [0.2, 0.25) is 11.5 Å². The molecular formula is C35H42N4O9. The maximum Gasteiger partial charge on any atom is 0.355 e. The number of aromatic nitrogens is 1. The average molecular weight is 663 g/mol. The highest BCUT2D eigenvalue weighted by atomic mass is 16.6. The summed E-state index contributed by atoms with van der Waals surface area (Å²) < 4.78 is 18.1. The predicted molar refractivity (Wildman–Crippen MR) is 176 cm³/mol. The molecule has 0 saturated heterocycles. The minimum atomic E-state index is -1.89. The number of ether oxygens (including phenoxy) is 3. The van der Waals surface area contributed by atoms with Crippen molar-refractivity contribution in [2.24, 2.45) is 5.16 Å². The fourth-order valence-corrected chi connectivity index (χ4v) is 5.98. The van der Waals surface area contributed by atoms with Crippen LogP contribution in [-0.4, -0.2) is 52.3 Å². The van der Waals surface area contributed by atoms with Crippen LogP contribution in [0.3, 0.4) is 0 Å². The molecule has 0 saturated carbocycles. The summed E-state index contributed by atoms with van der Waals surface area (Å²) in [6.45, 7) is 12.1. The second-order valence-corrected chi connectivity index (χ2v) is 13.9. The highest BCUT2D eigenvalue weighted by Gasteiger charge is 2.51. The SMILES string of the molecule is CC[C@@]1(OC(=O)CCC(=O)NCC(=O)OC(C)(C)C)C(=O)OCc2c1cc1n(c2=O)CC2=C(/C=N/OC(C)(C)C)c3ccccc3NC21. The summed E-state index contributed by atoms with van der Waals surface area (Å²) in [6, 6.07) is 9.02. The van der Waals surface area contributed by atoms with Crippen LogP contribution in [0.15, 0.2) is 45.9 Å². The van der Waals surface area contributed by atoms with Gasteiger partial charge in [-0.15, -0.1) is 0 Å². The van der Waals surface area contributed by atoms with Crippen LogP contribution >= 0.6 is 0 Å². The number of oxime groups is 1. The van der Waals surface area contributed by atoms with E-state index in [1.54, 1.807) is 44.5 Å². The second kappa shape index (κ2) is 12.9. The van der Waals surface area contributed by atoms with Crippen LogP contribution < -0.4 is 16.2 Å². The fraction of sp³-hybridized carbons (Fsp3) is 0.486. The van der Waals surface area contributed by atoms with Crippen LogP contribution in [-0.2, 0) is 57.0 Å². The lowest BCUT2D eigenvalue weighted by molar-refractivity contribution is -0.189. The molecule has 0 spiro atoms. The molecule has 0 aliphatic carbocycles. The van der Waals surface area contributed by atoms with Gasteiger partial charge in [0.15, 0.2) is 0 Å². The molecule has 0 fully saturated rings. The first-order valence-electron chi connectivity index (χ1n) is 16.0. The highest BCUT2D eigenvalue weighted by molar-refractivity contribution is 6.14. The number of nitrogens with one attached hydrogen (secondary N) is 2. The Morgan fingerprint density at radius 1 is 1.08 bits per heavy atom. The maximum atomic E-state index is 14.0. The fourth-order valence-electron chi connectivity index (χ4n) is 5.98. The molecule has 5 rings (SSSR count). The molecule has 0 radical (unpaired) electrons. The van der Waals surface area contributed by atoms with Crippen molar-refractivity contribution >= 4 is 41.3 Å². The number of carbonyl (C=O) groups excluding carboxylic acids is 4. The van der Waals surface area contributed by atoms with Crippen LogP contribution in [0.1, 0.15) is 96.2 Å². The number of hydrogen-bond acceptors (Lipinski definition) is 11. The van der Waals surface area contributed by atoms with Gasteiger partial charge < -0.3 is 34.2 Å². The molecule has 0 bridgehead atoms. The number of fused-ring (bicyclic) bond motifs is 5. The Kier molecular flexibility index (Phi) is 9.26. The van der Waals surface area contributed by atoms with Crippen LogP contribution in [0.5, 0.6) is 0 Å². The van der Waals surface area contributed by atoms with E-state index in [0.29, 0.717) is 5.69 Å². The largest absolute Gasteiger partial charge is 0.459 e. The Labute approximate surface area is 278 Å². The number of pyridine rings is 1. The number of carbonyl (C=O) groups is 4. The van der Waals surface area contributed by atoms with E-state index in [-0.39, 0.29) is 55.6 Å². The molecule has 3 aliphatic rings. The monoisotopic (exact) mass is 662 g/mol. The number of anilines is 1. The number of benzene rings is 1. The molecule has 48 heavy (non-hydrogen) atoms. The Morgan fingerprint density at radius 3 is 2.50 bits per heavy atom. The normalized spacial score (nSPS) is 19.7. The molecule has 4 heterocycles. The summed E-state index contributed by atoms with van der Waals surface area (Å²) in [6.07, 6.45) is 0.989. The van der Waals surface area contributed by atoms with Gasteiger partial charge in [0.05, 0.1) is 30.8 Å². The van der Waals surface area contributed by atoms with Crippen LogP contribution in [0.2, 0.25) is 0 Å². The molecule has 13 heteroatoms. The van der Waals surface area contributed by atoms with Gasteiger partial charge in [0.25, 0.3) is 5.56 Å². The van der Waals surface area contributed by atoms with Gasteiger partial charge in [-0.2, -0.15) is 0 Å². The van der Waals surface area contributed by atoms with Gasteiger partial charge in [-0.1, -0.05) is 30.3 Å². The molecule has 3 aliphatic heterocycles. The number of allylic oxidation sites excluding steroid dienone is 1. The van der Waals surface area contributed by atoms with E-state index in [2.05, 4.69) is 15.8 Å². The quantitative estimate of drug-likeness (QED) is 0.173. The maximum absolute atomic E-state index is 14.0. The van der Waals surface area contributed by atoms with E-state index in [1.165, 1.54) is 0 Å². The zero-order chi connectivity index (χ0) is 35.0. The smallest absolute Gasteiger partial charge is 0.355 e. The molecule has 13 nitrogen and oxygen atoms in total. The number of para-hydroxylation sites is 1. The molecule has 1 aromatic carbocycles. The van der Waals surface area contributed by atoms with Crippen LogP contribution in [0.4, 0.5) is 5.69 Å². The molecule has 256 valence electrons. The topological polar surface area (TPSA) is 164 Å². The first-order chi connectivity index (χ1) is 22.5. The van der Waals surface area contributed by atoms with E-state index in [9.17, 15) is 24.0 Å². The summed E-state index contributed by atoms with van der Waals surface area (Å²) in [5, 5.41) is 10.2. The lowest BCUT2D eigenvalue weighted by Gasteiger charge is -2.36. The molecule has 1 unspecified atom stereocenters. The third-order valence-corrected chi connectivity index (χ3v) is 8.08. The summed E-state index contributed by atoms with van der Waals surface area (Å²) in [4.78, 5) is 70.5. The summed E-state index contributed by atoms with van der Waals surface area (Å²) in [5.74, 6) is -2.82. The van der Waals surface area contributed by atoms with Crippen molar-refractivity contribution in [1.29, 1.82) is 0 Å². The van der Waals surface area contributed by atoms with Crippen molar-refractivity contribution in [1.82, 2.24) is 9.88 Å². The zero-order valence-corrected chi connectivity index (χ0v) is 28.4. The van der Waals surface area contributed by atoms with E-state index < -0.39 is 46.7 Å². The summed E-state index contributed by atoms with van der Waals surface area (Å²) in [7, 11) is 0. The Hall–Kier alpha value is -4.94. The van der Waals surface area contributed by atoms with Crippen LogP contribution in [0, 0.1) is 0 Å². The minimum absolute atomic E-state index is 0.00994. The first kappa shape index (κ1) is 34.4. The van der Waals surface area contributed by atoms with Gasteiger partial charge in [-0.05, 0) is 65.7 Å². The number of cyclic esters (lactones) is 1. The Morgan fingerprint density at radius 2 is 1.81 bits per heavy atom. The predicted octanol–water partition coefficient (Wildman–Crippen LogP) is 4.03. The zero-order valence-electron chi connectivity index (χ0n) is 28.4. The lowest BCUT2D eigenvalue weighted by atomic mass is 9.84. The number of nitrogens with zero attached hydrogens (tertiary/aromatic N) is 2. The van der Waals surface area contributed by atoms with Gasteiger partial charge in [-0.25, -0.2) is 4.79 Å². The third kappa shape index (κ3) is 6.99. The first-order valence-corrected chi connectivity index (χ1v) is 16.0. The van der Waals surface area contributed by atoms with Crippen molar-refractivity contribution in [3.63, 3.8) is 0 Å². The van der Waals surface area contributed by atoms with E-state index in [1.807, 2.05) is 45.0 Å². The van der Waals surface area contributed by atoms with E-state index in [4.69, 9.17) is 19.0 Å². The van der Waals surface area contributed by atoms with Gasteiger partial charge >= 0.3 is 17.9 Å². The van der Waals surface area contributed by atoms with Crippen molar-refractivity contribution in [2.45, 2.75) is 104 Å². The van der Waals surface area contributed by atoms with Crippen molar-refractivity contribution < 1.29 is 38.2 Å². The van der Waals surface area contributed by atoms with Crippen molar-refractivity contribution in [3.05, 3.63) is 68.6 Å². The Bertz CT molecular complexity index is 1780. The number of esters is 3. The second-order valence-electron chi connectivity index (χ2n) is 13.9. The highest BCUT2D eigenvalue weighted by Crippen LogP contribution is 2.46. The summed E-state index contributed by atoms with van der Waals surface area (Å²) in [5.41, 5.74) is 1.04. The van der Waals surface area contributed by atoms with E-state index >= 15 is 0 Å². The molecule has 2 N–H and O–H groups in total. The average Bonchev–Trinajstić information content (AvgIpc) is 3.37. The molecule has 1 aromatic heterocycles. The summed E-state index contributed by atoms with van der Waals surface area (Å²) >= 11 is 0. The lowest BCUT2D eigenvalue weighted by Crippen LogP contribution is -2.47. The molecule has 2 aromatic rings. The third-order valence-electron chi connectivity index (χ3n) is 8.08. The van der Waals surface area contributed by atoms with Gasteiger partial charge in [-0.3, -0.25) is 19.2 Å². The number of rotatable bonds is 9. The number of amides is 1. The van der Waals surface area contributed by atoms with Gasteiger partial charge in [0.1, 0.15) is 24.4 Å².